The van der Waals surface area contributed by atoms with Gasteiger partial charge < -0.3 is 14.6 Å². The molecule has 3 amide bonds. The quantitative estimate of drug-likeness (QED) is 0.507. The molecule has 1 fully saturated rings. The standard InChI is InChI=1S/C26H30N4O4S/c1-15-9-16(2)13-30(12-15)25(33)19-6-5-17(3)22(10-19)28-23(31)11-20-14-35-26(27-20)29-24(32)21-7-8-34-18(21)4/h5-8,10,14-16H,9,11-13H2,1-4H3,(H,28,31)(H,27,29,32). The van der Waals surface area contributed by atoms with Crippen LogP contribution < -0.4 is 10.6 Å². The van der Waals surface area contributed by atoms with Crippen molar-refractivity contribution in [2.75, 3.05) is 23.7 Å². The average Bonchev–Trinajstić information content (AvgIpc) is 3.42. The van der Waals surface area contributed by atoms with Gasteiger partial charge >= 0.3 is 0 Å². The molecule has 1 aromatic carbocycles. The molecule has 1 aliphatic rings. The van der Waals surface area contributed by atoms with E-state index in [0.29, 0.717) is 45.2 Å². The van der Waals surface area contributed by atoms with E-state index in [4.69, 9.17) is 4.42 Å². The van der Waals surface area contributed by atoms with Gasteiger partial charge in [-0.1, -0.05) is 19.9 Å². The highest BCUT2D eigenvalue weighted by atomic mass is 32.1. The van der Waals surface area contributed by atoms with Gasteiger partial charge in [-0.3, -0.25) is 19.7 Å². The normalized spacial score (nSPS) is 17.8. The van der Waals surface area contributed by atoms with Crippen molar-refractivity contribution in [3.63, 3.8) is 0 Å². The molecule has 1 aliphatic heterocycles. The number of anilines is 2. The fraction of sp³-hybridized carbons (Fsp3) is 0.385. The van der Waals surface area contributed by atoms with Gasteiger partial charge in [0.1, 0.15) is 5.76 Å². The number of aromatic nitrogens is 1. The summed E-state index contributed by atoms with van der Waals surface area (Å²) < 4.78 is 5.16. The number of hydrogen-bond donors (Lipinski definition) is 2. The predicted molar refractivity (Wildman–Crippen MR) is 136 cm³/mol. The highest BCUT2D eigenvalue weighted by Gasteiger charge is 2.26. The predicted octanol–water partition coefficient (Wildman–Crippen LogP) is 4.90. The first-order chi connectivity index (χ1) is 16.7. The van der Waals surface area contributed by atoms with Crippen LogP contribution in [0.3, 0.4) is 0 Å². The first-order valence-corrected chi connectivity index (χ1v) is 12.6. The second-order valence-corrected chi connectivity index (χ2v) is 10.3. The summed E-state index contributed by atoms with van der Waals surface area (Å²) in [5, 5.41) is 7.79. The lowest BCUT2D eigenvalue weighted by molar-refractivity contribution is -0.115. The van der Waals surface area contributed by atoms with Gasteiger partial charge in [0.15, 0.2) is 5.13 Å². The van der Waals surface area contributed by atoms with E-state index >= 15 is 0 Å². The molecule has 4 rings (SSSR count). The number of hydrogen-bond acceptors (Lipinski definition) is 6. The van der Waals surface area contributed by atoms with Crippen molar-refractivity contribution < 1.29 is 18.8 Å². The van der Waals surface area contributed by atoms with Crippen LogP contribution in [0.25, 0.3) is 0 Å². The minimum Gasteiger partial charge on any atom is -0.469 e. The number of rotatable bonds is 6. The van der Waals surface area contributed by atoms with Crippen molar-refractivity contribution in [1.29, 1.82) is 0 Å². The van der Waals surface area contributed by atoms with Crippen molar-refractivity contribution in [2.45, 2.75) is 40.5 Å². The van der Waals surface area contributed by atoms with Gasteiger partial charge in [-0.2, -0.15) is 0 Å². The summed E-state index contributed by atoms with van der Waals surface area (Å²) in [7, 11) is 0. The van der Waals surface area contributed by atoms with Gasteiger partial charge in [-0.15, -0.1) is 11.3 Å². The summed E-state index contributed by atoms with van der Waals surface area (Å²) in [4.78, 5) is 44.4. The van der Waals surface area contributed by atoms with Crippen molar-refractivity contribution in [3.8, 4) is 0 Å². The summed E-state index contributed by atoms with van der Waals surface area (Å²) >= 11 is 1.25. The zero-order valence-electron chi connectivity index (χ0n) is 20.4. The fourth-order valence-corrected chi connectivity index (χ4v) is 5.20. The highest BCUT2D eigenvalue weighted by Crippen LogP contribution is 2.25. The average molecular weight is 495 g/mol. The number of nitrogens with zero attached hydrogens (tertiary/aromatic N) is 2. The second kappa shape index (κ2) is 10.4. The Morgan fingerprint density at radius 2 is 1.86 bits per heavy atom. The molecule has 9 heteroatoms. The Balaban J connectivity index is 1.38. The van der Waals surface area contributed by atoms with E-state index in [1.807, 2.05) is 24.0 Å². The van der Waals surface area contributed by atoms with Crippen LogP contribution in [0.2, 0.25) is 0 Å². The van der Waals surface area contributed by atoms with E-state index < -0.39 is 0 Å². The number of aryl methyl sites for hydroxylation is 2. The molecule has 184 valence electrons. The minimum atomic E-state index is -0.309. The van der Waals surface area contributed by atoms with E-state index in [9.17, 15) is 14.4 Å². The molecule has 0 spiro atoms. The molecule has 8 nitrogen and oxygen atoms in total. The Bertz CT molecular complexity index is 1240. The van der Waals surface area contributed by atoms with Crippen molar-refractivity contribution >= 4 is 39.9 Å². The number of carbonyl (C=O) groups excluding carboxylic acids is 3. The molecule has 0 aliphatic carbocycles. The lowest BCUT2D eigenvalue weighted by Crippen LogP contribution is -2.42. The van der Waals surface area contributed by atoms with Crippen molar-refractivity contribution in [2.24, 2.45) is 11.8 Å². The molecule has 1 saturated heterocycles. The molecule has 2 unspecified atom stereocenters. The van der Waals surface area contributed by atoms with Crippen LogP contribution in [-0.4, -0.2) is 40.7 Å². The molecule has 0 bridgehead atoms. The Morgan fingerprint density at radius 3 is 2.54 bits per heavy atom. The first kappa shape index (κ1) is 24.7. The van der Waals surface area contributed by atoms with Crippen LogP contribution >= 0.6 is 11.3 Å². The molecule has 35 heavy (non-hydrogen) atoms. The van der Waals surface area contributed by atoms with Crippen LogP contribution in [0.1, 0.15) is 58.0 Å². The highest BCUT2D eigenvalue weighted by molar-refractivity contribution is 7.14. The van der Waals surface area contributed by atoms with E-state index in [1.165, 1.54) is 17.6 Å². The molecule has 0 radical (unpaired) electrons. The van der Waals surface area contributed by atoms with Crippen LogP contribution in [-0.2, 0) is 11.2 Å². The van der Waals surface area contributed by atoms with Gasteiger partial charge in [-0.25, -0.2) is 4.98 Å². The number of thiazole rings is 1. The zero-order valence-corrected chi connectivity index (χ0v) is 21.2. The third-order valence-electron chi connectivity index (χ3n) is 6.13. The van der Waals surface area contributed by atoms with E-state index in [1.54, 1.807) is 24.4 Å². The van der Waals surface area contributed by atoms with Crippen LogP contribution in [0.5, 0.6) is 0 Å². The zero-order chi connectivity index (χ0) is 25.1. The van der Waals surface area contributed by atoms with Gasteiger partial charge in [-0.05, 0) is 55.9 Å². The smallest absolute Gasteiger partial charge is 0.260 e. The maximum absolute atomic E-state index is 13.1. The third-order valence-corrected chi connectivity index (χ3v) is 6.94. The monoisotopic (exact) mass is 494 g/mol. The molecular weight excluding hydrogens is 464 g/mol. The fourth-order valence-electron chi connectivity index (χ4n) is 4.49. The largest absolute Gasteiger partial charge is 0.469 e. The van der Waals surface area contributed by atoms with Crippen LogP contribution in [0.15, 0.2) is 40.3 Å². The lowest BCUT2D eigenvalue weighted by Gasteiger charge is -2.35. The molecule has 3 heterocycles. The van der Waals surface area contributed by atoms with E-state index in [-0.39, 0.29) is 24.1 Å². The Morgan fingerprint density at radius 1 is 1.11 bits per heavy atom. The number of benzene rings is 1. The molecule has 3 aromatic rings. The summed E-state index contributed by atoms with van der Waals surface area (Å²) in [6.07, 6.45) is 2.64. The summed E-state index contributed by atoms with van der Waals surface area (Å²) in [5.41, 5.74) is 3.04. The van der Waals surface area contributed by atoms with Crippen LogP contribution in [0.4, 0.5) is 10.8 Å². The number of likely N-dealkylation sites (tertiary alicyclic amines) is 1. The Labute approximate surface area is 208 Å². The number of piperidine rings is 1. The number of nitrogens with one attached hydrogen (secondary N) is 2. The van der Waals surface area contributed by atoms with E-state index in [0.717, 1.165) is 25.1 Å². The first-order valence-electron chi connectivity index (χ1n) is 11.7. The summed E-state index contributed by atoms with van der Waals surface area (Å²) in [5.74, 6) is 0.918. The van der Waals surface area contributed by atoms with E-state index in [2.05, 4.69) is 29.5 Å². The minimum absolute atomic E-state index is 0.00774. The molecule has 2 atom stereocenters. The molecule has 0 saturated carbocycles. The molecular formula is C26H30N4O4S. The molecule has 2 aromatic heterocycles. The number of furan rings is 1. The van der Waals surface area contributed by atoms with Gasteiger partial charge in [0.05, 0.1) is 23.9 Å². The Hall–Kier alpha value is -3.46. The molecule has 2 N–H and O–H groups in total. The van der Waals surface area contributed by atoms with Crippen LogP contribution in [0, 0.1) is 25.7 Å². The summed E-state index contributed by atoms with van der Waals surface area (Å²) in [6, 6.07) is 7.02. The maximum Gasteiger partial charge on any atom is 0.260 e. The van der Waals surface area contributed by atoms with Gasteiger partial charge in [0.25, 0.3) is 11.8 Å². The van der Waals surface area contributed by atoms with Crippen molar-refractivity contribution in [3.05, 3.63) is 64.1 Å². The second-order valence-electron chi connectivity index (χ2n) is 9.40. The maximum atomic E-state index is 13.1. The van der Waals surface area contributed by atoms with Gasteiger partial charge in [0.2, 0.25) is 5.91 Å². The van der Waals surface area contributed by atoms with Gasteiger partial charge in [0, 0.05) is 29.7 Å². The Kier molecular flexibility index (Phi) is 7.35. The topological polar surface area (TPSA) is 105 Å². The lowest BCUT2D eigenvalue weighted by atomic mass is 9.91. The van der Waals surface area contributed by atoms with Crippen molar-refractivity contribution in [1.82, 2.24) is 9.88 Å². The number of carbonyl (C=O) groups is 3. The third kappa shape index (κ3) is 5.97. The number of amides is 3. The summed E-state index contributed by atoms with van der Waals surface area (Å²) in [6.45, 7) is 9.45. The SMILES string of the molecule is Cc1ccc(C(=O)N2CC(C)CC(C)C2)cc1NC(=O)Cc1csc(NC(=O)c2ccoc2C)n1.